The Morgan fingerprint density at radius 1 is 1.67 bits per heavy atom. The maximum Gasteiger partial charge on any atom is 0.222 e. The Morgan fingerprint density at radius 3 is 2.92 bits per heavy atom. The molecule has 1 amide bonds. The number of ether oxygens (including phenoxy) is 1. The van der Waals surface area contributed by atoms with E-state index in [4.69, 9.17) is 4.74 Å². The third-order valence-electron chi connectivity index (χ3n) is 2.11. The molecule has 0 radical (unpaired) electrons. The van der Waals surface area contributed by atoms with Crippen molar-refractivity contribution < 1.29 is 9.53 Å². The van der Waals surface area contributed by atoms with Crippen molar-refractivity contribution in [3.8, 4) is 0 Å². The van der Waals surface area contributed by atoms with Crippen LogP contribution < -0.4 is 5.32 Å². The van der Waals surface area contributed by atoms with Crippen LogP contribution in [-0.4, -0.2) is 25.7 Å². The molecule has 1 aliphatic heterocycles. The fraction of sp³-hybridized carbons (Fsp3) is 0.889. The molecule has 0 aromatic carbocycles. The van der Waals surface area contributed by atoms with Gasteiger partial charge >= 0.3 is 0 Å². The summed E-state index contributed by atoms with van der Waals surface area (Å²) in [6, 6.07) is 0. The SMILES string of the molecule is CC(C)C(=O)NC[C@@H]1CCOC1. The second-order valence-electron chi connectivity index (χ2n) is 3.63. The Morgan fingerprint density at radius 2 is 2.42 bits per heavy atom. The molecule has 1 atom stereocenters. The second kappa shape index (κ2) is 4.45. The molecule has 1 saturated heterocycles. The molecule has 1 rings (SSSR count). The van der Waals surface area contributed by atoms with Crippen LogP contribution in [0.4, 0.5) is 0 Å². The highest BCUT2D eigenvalue weighted by atomic mass is 16.5. The van der Waals surface area contributed by atoms with Gasteiger partial charge in [0.15, 0.2) is 0 Å². The van der Waals surface area contributed by atoms with Crippen molar-refractivity contribution in [1.29, 1.82) is 0 Å². The lowest BCUT2D eigenvalue weighted by Crippen LogP contribution is -2.32. The first kappa shape index (κ1) is 9.52. The molecule has 70 valence electrons. The monoisotopic (exact) mass is 171 g/mol. The predicted molar refractivity (Wildman–Crippen MR) is 46.8 cm³/mol. The number of carbonyl (C=O) groups is 1. The van der Waals surface area contributed by atoms with E-state index in [-0.39, 0.29) is 11.8 Å². The zero-order valence-electron chi connectivity index (χ0n) is 7.80. The maximum atomic E-state index is 11.1. The molecule has 1 fully saturated rings. The quantitative estimate of drug-likeness (QED) is 0.682. The van der Waals surface area contributed by atoms with Gasteiger partial charge in [-0.1, -0.05) is 13.8 Å². The van der Waals surface area contributed by atoms with Crippen LogP contribution >= 0.6 is 0 Å². The van der Waals surface area contributed by atoms with Crippen LogP contribution in [0, 0.1) is 11.8 Å². The van der Waals surface area contributed by atoms with Crippen LogP contribution in [0.15, 0.2) is 0 Å². The zero-order valence-corrected chi connectivity index (χ0v) is 7.80. The first-order chi connectivity index (χ1) is 5.70. The largest absolute Gasteiger partial charge is 0.381 e. The van der Waals surface area contributed by atoms with Crippen molar-refractivity contribution in [2.75, 3.05) is 19.8 Å². The fourth-order valence-corrected chi connectivity index (χ4v) is 1.19. The number of hydrogen-bond acceptors (Lipinski definition) is 2. The number of carbonyl (C=O) groups excluding carboxylic acids is 1. The molecule has 1 aliphatic rings. The summed E-state index contributed by atoms with van der Waals surface area (Å²) >= 11 is 0. The molecule has 1 heterocycles. The van der Waals surface area contributed by atoms with E-state index in [0.29, 0.717) is 5.92 Å². The molecule has 0 unspecified atom stereocenters. The molecule has 12 heavy (non-hydrogen) atoms. The van der Waals surface area contributed by atoms with Gasteiger partial charge in [0.25, 0.3) is 0 Å². The Kier molecular flexibility index (Phi) is 3.53. The average molecular weight is 171 g/mol. The van der Waals surface area contributed by atoms with Crippen molar-refractivity contribution in [3.05, 3.63) is 0 Å². The summed E-state index contributed by atoms with van der Waals surface area (Å²) in [4.78, 5) is 11.1. The summed E-state index contributed by atoms with van der Waals surface area (Å²) in [5.41, 5.74) is 0. The molecule has 0 saturated carbocycles. The molecular formula is C9H17NO2. The molecule has 3 heteroatoms. The first-order valence-corrected chi connectivity index (χ1v) is 4.55. The number of amides is 1. The number of rotatable bonds is 3. The smallest absolute Gasteiger partial charge is 0.222 e. The van der Waals surface area contributed by atoms with Crippen LogP contribution in [0.25, 0.3) is 0 Å². The maximum absolute atomic E-state index is 11.1. The average Bonchev–Trinajstić information content (AvgIpc) is 2.51. The van der Waals surface area contributed by atoms with E-state index >= 15 is 0 Å². The predicted octanol–water partition coefficient (Wildman–Crippen LogP) is 0.795. The first-order valence-electron chi connectivity index (χ1n) is 4.55. The van der Waals surface area contributed by atoms with Gasteiger partial charge in [-0.2, -0.15) is 0 Å². The lowest BCUT2D eigenvalue weighted by Gasteiger charge is -2.10. The van der Waals surface area contributed by atoms with Gasteiger partial charge in [-0.3, -0.25) is 4.79 Å². The summed E-state index contributed by atoms with van der Waals surface area (Å²) in [6.45, 7) is 6.23. The minimum atomic E-state index is 0.0901. The van der Waals surface area contributed by atoms with E-state index in [2.05, 4.69) is 5.32 Å². The Labute approximate surface area is 73.5 Å². The summed E-state index contributed by atoms with van der Waals surface area (Å²) < 4.78 is 5.20. The van der Waals surface area contributed by atoms with Gasteiger partial charge < -0.3 is 10.1 Å². The summed E-state index contributed by atoms with van der Waals surface area (Å²) in [5, 5.41) is 2.91. The molecule has 0 aliphatic carbocycles. The van der Waals surface area contributed by atoms with Crippen molar-refractivity contribution in [3.63, 3.8) is 0 Å². The molecule has 0 bridgehead atoms. The van der Waals surface area contributed by atoms with Gasteiger partial charge in [-0.05, 0) is 6.42 Å². The van der Waals surface area contributed by atoms with Gasteiger partial charge in [0.05, 0.1) is 6.61 Å². The molecule has 3 nitrogen and oxygen atoms in total. The van der Waals surface area contributed by atoms with Gasteiger partial charge in [-0.15, -0.1) is 0 Å². The summed E-state index contributed by atoms with van der Waals surface area (Å²) in [5.74, 6) is 0.766. The third-order valence-corrected chi connectivity index (χ3v) is 2.11. The number of hydrogen-bond donors (Lipinski definition) is 1. The van der Waals surface area contributed by atoms with E-state index in [9.17, 15) is 4.79 Å². The van der Waals surface area contributed by atoms with Crippen LogP contribution in [0.5, 0.6) is 0 Å². The Hall–Kier alpha value is -0.570. The Bertz CT molecular complexity index is 151. The van der Waals surface area contributed by atoms with Gasteiger partial charge in [-0.25, -0.2) is 0 Å². The van der Waals surface area contributed by atoms with Gasteiger partial charge in [0.2, 0.25) is 5.91 Å². The van der Waals surface area contributed by atoms with Crippen molar-refractivity contribution in [2.24, 2.45) is 11.8 Å². The van der Waals surface area contributed by atoms with Crippen LogP contribution in [0.1, 0.15) is 20.3 Å². The van der Waals surface area contributed by atoms with E-state index < -0.39 is 0 Å². The highest BCUT2D eigenvalue weighted by Crippen LogP contribution is 2.10. The molecule has 0 aromatic heterocycles. The van der Waals surface area contributed by atoms with Crippen molar-refractivity contribution in [1.82, 2.24) is 5.32 Å². The van der Waals surface area contributed by atoms with Gasteiger partial charge in [0.1, 0.15) is 0 Å². The Balaban J connectivity index is 2.12. The second-order valence-corrected chi connectivity index (χ2v) is 3.63. The third kappa shape index (κ3) is 2.81. The minimum absolute atomic E-state index is 0.0901. The standard InChI is InChI=1S/C9H17NO2/c1-7(2)9(11)10-5-8-3-4-12-6-8/h7-8H,3-6H2,1-2H3,(H,10,11)/t8-/m0/s1. The molecular weight excluding hydrogens is 154 g/mol. The fourth-order valence-electron chi connectivity index (χ4n) is 1.19. The number of nitrogens with one attached hydrogen (secondary N) is 1. The zero-order chi connectivity index (χ0) is 8.97. The van der Waals surface area contributed by atoms with E-state index in [1.54, 1.807) is 0 Å². The van der Waals surface area contributed by atoms with Crippen LogP contribution in [-0.2, 0) is 9.53 Å². The summed E-state index contributed by atoms with van der Waals surface area (Å²) in [6.07, 6.45) is 1.08. The molecule has 0 aromatic rings. The van der Waals surface area contributed by atoms with E-state index in [0.717, 1.165) is 26.2 Å². The van der Waals surface area contributed by atoms with Crippen LogP contribution in [0.2, 0.25) is 0 Å². The van der Waals surface area contributed by atoms with Crippen molar-refractivity contribution in [2.45, 2.75) is 20.3 Å². The van der Waals surface area contributed by atoms with Crippen molar-refractivity contribution >= 4 is 5.91 Å². The highest BCUT2D eigenvalue weighted by molar-refractivity contribution is 5.77. The van der Waals surface area contributed by atoms with E-state index in [1.807, 2.05) is 13.8 Å². The summed E-state index contributed by atoms with van der Waals surface area (Å²) in [7, 11) is 0. The topological polar surface area (TPSA) is 38.3 Å². The molecule has 0 spiro atoms. The van der Waals surface area contributed by atoms with E-state index in [1.165, 1.54) is 0 Å². The minimum Gasteiger partial charge on any atom is -0.381 e. The lowest BCUT2D eigenvalue weighted by atomic mass is 10.1. The lowest BCUT2D eigenvalue weighted by molar-refractivity contribution is -0.124. The van der Waals surface area contributed by atoms with Gasteiger partial charge in [0, 0.05) is 25.0 Å². The molecule has 1 N–H and O–H groups in total. The van der Waals surface area contributed by atoms with Crippen LogP contribution in [0.3, 0.4) is 0 Å². The highest BCUT2D eigenvalue weighted by Gasteiger charge is 2.16. The normalized spacial score (nSPS) is 23.1.